The van der Waals surface area contributed by atoms with Crippen LogP contribution in [0.5, 0.6) is 0 Å². The first-order valence-electron chi connectivity index (χ1n) is 7.45. The van der Waals surface area contributed by atoms with Crippen molar-refractivity contribution in [2.24, 2.45) is 0 Å². The van der Waals surface area contributed by atoms with E-state index >= 15 is 0 Å². The molecule has 2 heterocycles. The standard InChI is InChI=1S/C16H21N3O2/c1-3-5-6-9-18-15(20)13-11-12-8-7-10-17-14(12)19(4-2)16(13)21/h7-8,10-11H,3-6,9H2,1-2H3,(H,18,20). The summed E-state index contributed by atoms with van der Waals surface area (Å²) in [6.45, 7) is 5.07. The smallest absolute Gasteiger partial charge is 0.265 e. The molecule has 0 atom stereocenters. The Labute approximate surface area is 124 Å². The Balaban J connectivity index is 2.33. The number of fused-ring (bicyclic) bond motifs is 1. The van der Waals surface area contributed by atoms with E-state index in [-0.39, 0.29) is 17.0 Å². The third-order valence-corrected chi connectivity index (χ3v) is 3.47. The van der Waals surface area contributed by atoms with Crippen molar-refractivity contribution in [3.8, 4) is 0 Å². The molecule has 0 unspecified atom stereocenters. The number of nitrogens with zero attached hydrogens (tertiary/aromatic N) is 2. The summed E-state index contributed by atoms with van der Waals surface area (Å²) in [5, 5.41) is 3.62. The molecule has 5 heteroatoms. The summed E-state index contributed by atoms with van der Waals surface area (Å²) < 4.78 is 1.54. The highest BCUT2D eigenvalue weighted by molar-refractivity contribution is 5.96. The van der Waals surface area contributed by atoms with Gasteiger partial charge in [0.25, 0.3) is 11.5 Å². The molecule has 21 heavy (non-hydrogen) atoms. The summed E-state index contributed by atoms with van der Waals surface area (Å²) in [6, 6.07) is 5.30. The number of hydrogen-bond donors (Lipinski definition) is 1. The maximum absolute atomic E-state index is 12.4. The number of hydrogen-bond acceptors (Lipinski definition) is 3. The molecular formula is C16H21N3O2. The minimum absolute atomic E-state index is 0.189. The largest absolute Gasteiger partial charge is 0.352 e. The van der Waals surface area contributed by atoms with Gasteiger partial charge in [0, 0.05) is 24.7 Å². The van der Waals surface area contributed by atoms with Gasteiger partial charge in [0.2, 0.25) is 0 Å². The van der Waals surface area contributed by atoms with E-state index in [0.717, 1.165) is 24.6 Å². The van der Waals surface area contributed by atoms with Gasteiger partial charge in [-0.1, -0.05) is 19.8 Å². The van der Waals surface area contributed by atoms with E-state index in [4.69, 9.17) is 0 Å². The van der Waals surface area contributed by atoms with Gasteiger partial charge in [-0.05, 0) is 31.5 Å². The van der Waals surface area contributed by atoms with Gasteiger partial charge in [0.15, 0.2) is 0 Å². The van der Waals surface area contributed by atoms with Gasteiger partial charge >= 0.3 is 0 Å². The fraction of sp³-hybridized carbons (Fsp3) is 0.438. The van der Waals surface area contributed by atoms with Gasteiger partial charge in [-0.25, -0.2) is 4.98 Å². The normalized spacial score (nSPS) is 10.8. The first-order valence-corrected chi connectivity index (χ1v) is 7.45. The van der Waals surface area contributed by atoms with Crippen LogP contribution in [0.2, 0.25) is 0 Å². The van der Waals surface area contributed by atoms with Crippen molar-refractivity contribution in [3.05, 3.63) is 40.3 Å². The van der Waals surface area contributed by atoms with Crippen LogP contribution in [-0.4, -0.2) is 22.0 Å². The van der Waals surface area contributed by atoms with Gasteiger partial charge in [0.05, 0.1) is 0 Å². The third kappa shape index (κ3) is 3.29. The molecule has 2 aromatic heterocycles. The molecule has 0 radical (unpaired) electrons. The van der Waals surface area contributed by atoms with E-state index in [2.05, 4.69) is 17.2 Å². The summed E-state index contributed by atoms with van der Waals surface area (Å²) in [5.74, 6) is -0.302. The maximum atomic E-state index is 12.4. The monoisotopic (exact) mass is 287 g/mol. The molecule has 0 aliphatic rings. The second-order valence-corrected chi connectivity index (χ2v) is 4.99. The number of carbonyl (C=O) groups is 1. The SMILES string of the molecule is CCCCCNC(=O)c1cc2cccnc2n(CC)c1=O. The Morgan fingerprint density at radius 1 is 1.33 bits per heavy atom. The van der Waals surface area contributed by atoms with Crippen LogP contribution in [0.25, 0.3) is 11.0 Å². The van der Waals surface area contributed by atoms with Gasteiger partial charge in [-0.2, -0.15) is 0 Å². The fourth-order valence-corrected chi connectivity index (χ4v) is 2.33. The molecule has 1 amide bonds. The molecule has 0 aliphatic heterocycles. The number of pyridine rings is 2. The molecule has 112 valence electrons. The fourth-order valence-electron chi connectivity index (χ4n) is 2.33. The highest BCUT2D eigenvalue weighted by Gasteiger charge is 2.14. The maximum Gasteiger partial charge on any atom is 0.265 e. The Morgan fingerprint density at radius 2 is 2.14 bits per heavy atom. The average molecular weight is 287 g/mol. The van der Waals surface area contributed by atoms with Crippen molar-refractivity contribution in [2.45, 2.75) is 39.7 Å². The number of rotatable bonds is 6. The summed E-state index contributed by atoms with van der Waals surface area (Å²) in [5.41, 5.74) is 0.526. The zero-order valence-electron chi connectivity index (χ0n) is 12.6. The Bertz CT molecular complexity index is 691. The molecule has 0 aromatic carbocycles. The lowest BCUT2D eigenvalue weighted by Gasteiger charge is -2.10. The van der Waals surface area contributed by atoms with Crippen molar-refractivity contribution in [1.82, 2.24) is 14.9 Å². The van der Waals surface area contributed by atoms with E-state index in [1.807, 2.05) is 13.0 Å². The minimum atomic E-state index is -0.302. The Kier molecular flexibility index (Phi) is 5.09. The van der Waals surface area contributed by atoms with Crippen LogP contribution in [0, 0.1) is 0 Å². The molecule has 5 nitrogen and oxygen atoms in total. The van der Waals surface area contributed by atoms with Crippen molar-refractivity contribution in [1.29, 1.82) is 0 Å². The van der Waals surface area contributed by atoms with Gasteiger partial charge in [-0.3, -0.25) is 14.2 Å². The Morgan fingerprint density at radius 3 is 2.86 bits per heavy atom. The predicted molar refractivity (Wildman–Crippen MR) is 83.5 cm³/mol. The van der Waals surface area contributed by atoms with Gasteiger partial charge < -0.3 is 5.32 Å². The van der Waals surface area contributed by atoms with Gasteiger partial charge in [-0.15, -0.1) is 0 Å². The second-order valence-electron chi connectivity index (χ2n) is 4.99. The molecule has 0 saturated carbocycles. The van der Waals surface area contributed by atoms with Crippen LogP contribution in [-0.2, 0) is 6.54 Å². The molecule has 2 rings (SSSR count). The van der Waals surface area contributed by atoms with E-state index < -0.39 is 0 Å². The topological polar surface area (TPSA) is 64.0 Å². The molecule has 2 aromatic rings. The van der Waals surface area contributed by atoms with Crippen LogP contribution < -0.4 is 10.9 Å². The molecule has 0 spiro atoms. The summed E-state index contributed by atoms with van der Waals surface area (Å²) in [6.07, 6.45) is 4.75. The highest BCUT2D eigenvalue weighted by Crippen LogP contribution is 2.10. The summed E-state index contributed by atoms with van der Waals surface area (Å²) in [7, 11) is 0. The average Bonchev–Trinajstić information content (AvgIpc) is 2.51. The lowest BCUT2D eigenvalue weighted by molar-refractivity contribution is 0.0951. The van der Waals surface area contributed by atoms with Crippen LogP contribution in [0.4, 0.5) is 0 Å². The second kappa shape index (κ2) is 7.02. The molecule has 0 saturated heterocycles. The number of nitrogens with one attached hydrogen (secondary N) is 1. The molecule has 0 fully saturated rings. The van der Waals surface area contributed by atoms with E-state index in [9.17, 15) is 9.59 Å². The lowest BCUT2D eigenvalue weighted by Crippen LogP contribution is -2.33. The summed E-state index contributed by atoms with van der Waals surface area (Å²) in [4.78, 5) is 28.8. The van der Waals surface area contributed by atoms with Crippen molar-refractivity contribution in [2.75, 3.05) is 6.54 Å². The number of amides is 1. The number of aromatic nitrogens is 2. The number of carbonyl (C=O) groups excluding carboxylic acids is 1. The van der Waals surface area contributed by atoms with Crippen LogP contribution >= 0.6 is 0 Å². The first-order chi connectivity index (χ1) is 10.2. The van der Waals surface area contributed by atoms with E-state index in [0.29, 0.717) is 18.7 Å². The van der Waals surface area contributed by atoms with Gasteiger partial charge in [0.1, 0.15) is 11.2 Å². The molecule has 1 N–H and O–H groups in total. The van der Waals surface area contributed by atoms with Crippen molar-refractivity contribution in [3.63, 3.8) is 0 Å². The van der Waals surface area contributed by atoms with Crippen LogP contribution in [0.15, 0.2) is 29.2 Å². The predicted octanol–water partition coefficient (Wildman–Crippen LogP) is 2.34. The van der Waals surface area contributed by atoms with Crippen molar-refractivity contribution < 1.29 is 4.79 Å². The lowest BCUT2D eigenvalue weighted by atomic mass is 10.2. The quantitative estimate of drug-likeness (QED) is 0.829. The molecular weight excluding hydrogens is 266 g/mol. The van der Waals surface area contributed by atoms with Crippen LogP contribution in [0.3, 0.4) is 0 Å². The number of aryl methyl sites for hydroxylation is 1. The highest BCUT2D eigenvalue weighted by atomic mass is 16.2. The molecule has 0 aliphatic carbocycles. The Hall–Kier alpha value is -2.17. The van der Waals surface area contributed by atoms with Crippen LogP contribution in [0.1, 0.15) is 43.5 Å². The zero-order valence-corrected chi connectivity index (χ0v) is 12.6. The number of unbranched alkanes of at least 4 members (excludes halogenated alkanes) is 2. The van der Waals surface area contributed by atoms with E-state index in [1.54, 1.807) is 18.3 Å². The third-order valence-electron chi connectivity index (χ3n) is 3.47. The first kappa shape index (κ1) is 15.2. The zero-order chi connectivity index (χ0) is 15.2. The van der Waals surface area contributed by atoms with E-state index in [1.165, 1.54) is 4.57 Å². The van der Waals surface area contributed by atoms with Crippen molar-refractivity contribution >= 4 is 16.9 Å². The molecule has 0 bridgehead atoms. The summed E-state index contributed by atoms with van der Waals surface area (Å²) >= 11 is 0. The minimum Gasteiger partial charge on any atom is -0.352 e.